The summed E-state index contributed by atoms with van der Waals surface area (Å²) in [5.74, 6) is -1.28. The lowest BCUT2D eigenvalue weighted by Gasteiger charge is -2.14. The van der Waals surface area contributed by atoms with Gasteiger partial charge in [0.25, 0.3) is 0 Å². The minimum absolute atomic E-state index is 0.0164. The van der Waals surface area contributed by atoms with E-state index >= 15 is 0 Å². The average molecular weight is 500 g/mol. The SMILES string of the molecule is COc1ccc(-c2c(C(F)(F)F)oc3cc(OC(=O)c4ccc(OC)c(OC)c4)ccc3c2=O)cc1. The van der Waals surface area contributed by atoms with Gasteiger partial charge in [0, 0.05) is 6.07 Å². The second-order valence-corrected chi connectivity index (χ2v) is 7.48. The highest BCUT2D eigenvalue weighted by molar-refractivity contribution is 5.92. The Morgan fingerprint density at radius 3 is 2.08 bits per heavy atom. The third-order valence-electron chi connectivity index (χ3n) is 5.33. The van der Waals surface area contributed by atoms with Gasteiger partial charge in [-0.05, 0) is 48.0 Å². The Kier molecular flexibility index (Phi) is 6.61. The van der Waals surface area contributed by atoms with Gasteiger partial charge < -0.3 is 23.4 Å². The van der Waals surface area contributed by atoms with E-state index < -0.39 is 28.9 Å². The van der Waals surface area contributed by atoms with Crippen molar-refractivity contribution in [2.75, 3.05) is 21.3 Å². The summed E-state index contributed by atoms with van der Waals surface area (Å²) in [6, 6.07) is 13.5. The van der Waals surface area contributed by atoms with Crippen molar-refractivity contribution in [3.63, 3.8) is 0 Å². The van der Waals surface area contributed by atoms with E-state index in [-0.39, 0.29) is 33.6 Å². The number of hydrogen-bond donors (Lipinski definition) is 0. The number of ether oxygens (including phenoxy) is 4. The van der Waals surface area contributed by atoms with Crippen LogP contribution >= 0.6 is 0 Å². The smallest absolute Gasteiger partial charge is 0.450 e. The molecule has 0 saturated carbocycles. The van der Waals surface area contributed by atoms with Crippen molar-refractivity contribution in [2.45, 2.75) is 6.18 Å². The third kappa shape index (κ3) is 4.70. The van der Waals surface area contributed by atoms with Crippen LogP contribution in [0.3, 0.4) is 0 Å². The van der Waals surface area contributed by atoms with Crippen LogP contribution in [0, 0.1) is 0 Å². The van der Waals surface area contributed by atoms with Gasteiger partial charge >= 0.3 is 12.1 Å². The zero-order valence-electron chi connectivity index (χ0n) is 19.3. The normalized spacial score (nSPS) is 11.3. The van der Waals surface area contributed by atoms with Gasteiger partial charge in [0.2, 0.25) is 11.2 Å². The second-order valence-electron chi connectivity index (χ2n) is 7.48. The molecule has 0 saturated heterocycles. The Balaban J connectivity index is 1.76. The molecule has 0 amide bonds. The van der Waals surface area contributed by atoms with E-state index in [0.29, 0.717) is 11.5 Å². The quantitative estimate of drug-likeness (QED) is 0.247. The van der Waals surface area contributed by atoms with Gasteiger partial charge in [0.1, 0.15) is 17.1 Å². The number of fused-ring (bicyclic) bond motifs is 1. The molecule has 0 aliphatic rings. The molecule has 186 valence electrons. The predicted molar refractivity (Wildman–Crippen MR) is 124 cm³/mol. The lowest BCUT2D eigenvalue weighted by molar-refractivity contribution is -0.152. The summed E-state index contributed by atoms with van der Waals surface area (Å²) in [4.78, 5) is 25.7. The average Bonchev–Trinajstić information content (AvgIpc) is 2.87. The van der Waals surface area contributed by atoms with Crippen molar-refractivity contribution in [1.82, 2.24) is 0 Å². The molecule has 10 heteroatoms. The van der Waals surface area contributed by atoms with Crippen molar-refractivity contribution in [1.29, 1.82) is 0 Å². The largest absolute Gasteiger partial charge is 0.497 e. The van der Waals surface area contributed by atoms with Crippen LogP contribution in [0.1, 0.15) is 16.1 Å². The van der Waals surface area contributed by atoms with Crippen molar-refractivity contribution in [3.05, 3.63) is 82.2 Å². The highest BCUT2D eigenvalue weighted by atomic mass is 19.4. The van der Waals surface area contributed by atoms with Crippen LogP contribution in [-0.4, -0.2) is 27.3 Å². The first-order valence-electron chi connectivity index (χ1n) is 10.4. The number of benzene rings is 3. The van der Waals surface area contributed by atoms with E-state index in [9.17, 15) is 22.8 Å². The predicted octanol–water partition coefficient (Wildman–Crippen LogP) is 5.72. The first kappa shape index (κ1) is 24.6. The maximum Gasteiger partial charge on any atom is 0.450 e. The summed E-state index contributed by atoms with van der Waals surface area (Å²) >= 11 is 0. The molecular formula is C26H19F3O7. The van der Waals surface area contributed by atoms with E-state index in [1.54, 1.807) is 0 Å². The Morgan fingerprint density at radius 2 is 1.47 bits per heavy atom. The Bertz CT molecular complexity index is 1490. The molecule has 0 N–H and O–H groups in total. The van der Waals surface area contributed by atoms with E-state index in [2.05, 4.69) is 0 Å². The summed E-state index contributed by atoms with van der Waals surface area (Å²) < 4.78 is 67.4. The zero-order valence-corrected chi connectivity index (χ0v) is 19.3. The van der Waals surface area contributed by atoms with Crippen LogP contribution in [0.15, 0.2) is 69.9 Å². The summed E-state index contributed by atoms with van der Waals surface area (Å²) in [7, 11) is 4.25. The summed E-state index contributed by atoms with van der Waals surface area (Å²) in [6.45, 7) is 0. The van der Waals surface area contributed by atoms with Crippen LogP contribution in [0.5, 0.6) is 23.0 Å². The molecule has 7 nitrogen and oxygen atoms in total. The second kappa shape index (κ2) is 9.65. The number of carbonyl (C=O) groups is 1. The maximum absolute atomic E-state index is 13.9. The van der Waals surface area contributed by atoms with E-state index in [0.717, 1.165) is 6.07 Å². The molecule has 0 bridgehead atoms. The summed E-state index contributed by atoms with van der Waals surface area (Å²) in [5, 5.41) is -0.111. The molecule has 0 atom stereocenters. The van der Waals surface area contributed by atoms with Gasteiger partial charge in [0.05, 0.1) is 37.8 Å². The van der Waals surface area contributed by atoms with Gasteiger partial charge in [-0.1, -0.05) is 12.1 Å². The molecule has 4 rings (SSSR count). The Morgan fingerprint density at radius 1 is 0.806 bits per heavy atom. The van der Waals surface area contributed by atoms with Crippen molar-refractivity contribution in [2.24, 2.45) is 0 Å². The molecule has 0 aliphatic carbocycles. The minimum atomic E-state index is -4.96. The molecule has 1 aromatic heterocycles. The lowest BCUT2D eigenvalue weighted by Crippen LogP contribution is -2.16. The van der Waals surface area contributed by atoms with Crippen molar-refractivity contribution < 1.29 is 41.3 Å². The van der Waals surface area contributed by atoms with Gasteiger partial charge in [-0.2, -0.15) is 13.2 Å². The fourth-order valence-electron chi connectivity index (χ4n) is 3.59. The highest BCUT2D eigenvalue weighted by Gasteiger charge is 2.39. The van der Waals surface area contributed by atoms with Gasteiger partial charge in [-0.25, -0.2) is 4.79 Å². The first-order valence-corrected chi connectivity index (χ1v) is 10.4. The molecule has 0 spiro atoms. The zero-order chi connectivity index (χ0) is 26.0. The molecule has 0 fully saturated rings. The molecule has 1 heterocycles. The number of hydrogen-bond acceptors (Lipinski definition) is 7. The van der Waals surface area contributed by atoms with E-state index in [4.69, 9.17) is 23.4 Å². The Hall–Kier alpha value is -4.47. The van der Waals surface area contributed by atoms with Gasteiger partial charge in [-0.15, -0.1) is 0 Å². The molecule has 4 aromatic rings. The van der Waals surface area contributed by atoms with E-state index in [1.165, 1.54) is 75.9 Å². The highest BCUT2D eigenvalue weighted by Crippen LogP contribution is 2.38. The minimum Gasteiger partial charge on any atom is -0.497 e. The third-order valence-corrected chi connectivity index (χ3v) is 5.33. The molecule has 0 aliphatic heterocycles. The summed E-state index contributed by atoms with van der Waals surface area (Å²) in [6.07, 6.45) is -4.96. The monoisotopic (exact) mass is 500 g/mol. The first-order chi connectivity index (χ1) is 17.2. The van der Waals surface area contributed by atoms with Gasteiger partial charge in [0.15, 0.2) is 11.5 Å². The Labute approximate surface area is 202 Å². The van der Waals surface area contributed by atoms with Crippen LogP contribution in [-0.2, 0) is 6.18 Å². The van der Waals surface area contributed by atoms with E-state index in [1.807, 2.05) is 0 Å². The molecule has 3 aromatic carbocycles. The number of halogens is 3. The number of rotatable bonds is 6. The molecule has 0 radical (unpaired) electrons. The van der Waals surface area contributed by atoms with Crippen LogP contribution in [0.2, 0.25) is 0 Å². The van der Waals surface area contributed by atoms with Crippen LogP contribution in [0.4, 0.5) is 13.2 Å². The topological polar surface area (TPSA) is 84.2 Å². The molecular weight excluding hydrogens is 481 g/mol. The number of carbonyl (C=O) groups excluding carboxylic acids is 1. The standard InChI is InChI=1S/C26H19F3O7/c1-32-16-7-4-14(5-8-16)22-23(30)18-10-9-17(13-20(18)36-24(22)26(27,28)29)35-25(31)15-6-11-19(33-2)21(12-15)34-3/h4-13H,1-3H3. The lowest BCUT2D eigenvalue weighted by atomic mass is 10.0. The number of esters is 1. The number of methoxy groups -OCH3 is 3. The fraction of sp³-hybridized carbons (Fsp3) is 0.154. The number of alkyl halides is 3. The maximum atomic E-state index is 13.9. The van der Waals surface area contributed by atoms with Crippen LogP contribution < -0.4 is 24.4 Å². The van der Waals surface area contributed by atoms with Crippen LogP contribution in [0.25, 0.3) is 22.1 Å². The van der Waals surface area contributed by atoms with Crippen molar-refractivity contribution >= 4 is 16.9 Å². The van der Waals surface area contributed by atoms with Gasteiger partial charge in [-0.3, -0.25) is 4.79 Å². The summed E-state index contributed by atoms with van der Waals surface area (Å²) in [5.41, 5.74) is -1.77. The molecule has 36 heavy (non-hydrogen) atoms. The van der Waals surface area contributed by atoms with Crippen molar-refractivity contribution in [3.8, 4) is 34.1 Å². The fourth-order valence-corrected chi connectivity index (χ4v) is 3.59. The molecule has 0 unspecified atom stereocenters.